The Morgan fingerprint density at radius 3 is 2.58 bits per heavy atom. The summed E-state index contributed by atoms with van der Waals surface area (Å²) in [7, 11) is 0. The average Bonchev–Trinajstić information content (AvgIpc) is 2.33. The average molecular weight is 326 g/mol. The molecule has 0 fully saturated rings. The van der Waals surface area contributed by atoms with Crippen LogP contribution in [-0.4, -0.2) is 5.91 Å². The second-order valence-electron chi connectivity index (χ2n) is 4.06. The molecular formula is C14H10BrF2NO. The van der Waals surface area contributed by atoms with Gasteiger partial charge in [0.25, 0.3) is 5.91 Å². The van der Waals surface area contributed by atoms with E-state index in [1.807, 2.05) is 13.0 Å². The Hall–Kier alpha value is -1.75. The molecule has 0 aliphatic carbocycles. The predicted molar refractivity (Wildman–Crippen MR) is 73.2 cm³/mol. The molecule has 0 aromatic heterocycles. The number of nitrogens with one attached hydrogen (secondary N) is 1. The Balaban J connectivity index is 2.28. The van der Waals surface area contributed by atoms with Crippen molar-refractivity contribution in [2.75, 3.05) is 5.32 Å². The van der Waals surface area contributed by atoms with Crippen molar-refractivity contribution in [3.63, 3.8) is 0 Å². The minimum Gasteiger partial charge on any atom is -0.321 e. The monoisotopic (exact) mass is 325 g/mol. The van der Waals surface area contributed by atoms with E-state index in [1.54, 1.807) is 12.1 Å². The van der Waals surface area contributed by atoms with Gasteiger partial charge in [0.05, 0.1) is 11.3 Å². The lowest BCUT2D eigenvalue weighted by atomic mass is 10.1. The van der Waals surface area contributed by atoms with Gasteiger partial charge in [-0.05, 0) is 52.7 Å². The van der Waals surface area contributed by atoms with Crippen LogP contribution in [0.15, 0.2) is 40.9 Å². The number of halogens is 3. The van der Waals surface area contributed by atoms with Crippen molar-refractivity contribution < 1.29 is 13.6 Å². The summed E-state index contributed by atoms with van der Waals surface area (Å²) in [5.74, 6) is -2.23. The summed E-state index contributed by atoms with van der Waals surface area (Å²) in [6.45, 7) is 1.88. The van der Waals surface area contributed by atoms with Crippen LogP contribution in [0.4, 0.5) is 14.5 Å². The molecule has 0 bridgehead atoms. The Morgan fingerprint density at radius 1 is 1.16 bits per heavy atom. The van der Waals surface area contributed by atoms with Gasteiger partial charge in [0.2, 0.25) is 0 Å². The van der Waals surface area contributed by atoms with Gasteiger partial charge in [0.15, 0.2) is 0 Å². The smallest absolute Gasteiger partial charge is 0.258 e. The molecule has 0 saturated heterocycles. The van der Waals surface area contributed by atoms with Gasteiger partial charge in [-0.15, -0.1) is 0 Å². The van der Waals surface area contributed by atoms with Crippen LogP contribution in [0.3, 0.4) is 0 Å². The third kappa shape index (κ3) is 3.17. The molecule has 0 unspecified atom stereocenters. The number of anilines is 1. The van der Waals surface area contributed by atoms with Crippen LogP contribution in [0.1, 0.15) is 15.9 Å². The number of aryl methyl sites for hydroxylation is 1. The Morgan fingerprint density at radius 2 is 1.89 bits per heavy atom. The molecule has 0 spiro atoms. The fraction of sp³-hybridized carbons (Fsp3) is 0.0714. The molecule has 2 nitrogen and oxygen atoms in total. The zero-order chi connectivity index (χ0) is 14.0. The lowest BCUT2D eigenvalue weighted by molar-refractivity contribution is 0.102. The zero-order valence-corrected chi connectivity index (χ0v) is 11.6. The number of hydrogen-bond acceptors (Lipinski definition) is 1. The molecular weight excluding hydrogens is 316 g/mol. The van der Waals surface area contributed by atoms with Crippen molar-refractivity contribution in [1.82, 2.24) is 0 Å². The molecule has 0 heterocycles. The van der Waals surface area contributed by atoms with Crippen LogP contribution in [0.5, 0.6) is 0 Å². The standard InChI is InChI=1S/C14H10BrF2NO/c1-8-2-5-11(15)13(6-8)18-14(19)10-4-3-9(16)7-12(10)17/h2-7H,1H3,(H,18,19). The van der Waals surface area contributed by atoms with E-state index in [-0.39, 0.29) is 5.56 Å². The van der Waals surface area contributed by atoms with Gasteiger partial charge < -0.3 is 5.32 Å². The van der Waals surface area contributed by atoms with Crippen molar-refractivity contribution in [3.05, 3.63) is 63.6 Å². The van der Waals surface area contributed by atoms with Crippen LogP contribution >= 0.6 is 15.9 Å². The minimum atomic E-state index is -0.888. The highest BCUT2D eigenvalue weighted by Gasteiger charge is 2.13. The third-order valence-corrected chi connectivity index (χ3v) is 3.24. The van der Waals surface area contributed by atoms with Gasteiger partial charge in [-0.25, -0.2) is 8.78 Å². The van der Waals surface area contributed by atoms with Gasteiger partial charge in [0, 0.05) is 10.5 Å². The highest BCUT2D eigenvalue weighted by Crippen LogP contribution is 2.24. The summed E-state index contributed by atoms with van der Waals surface area (Å²) in [6, 6.07) is 8.25. The van der Waals surface area contributed by atoms with Crippen molar-refractivity contribution in [3.8, 4) is 0 Å². The SMILES string of the molecule is Cc1ccc(Br)c(NC(=O)c2ccc(F)cc2F)c1. The fourth-order valence-electron chi connectivity index (χ4n) is 1.60. The van der Waals surface area contributed by atoms with Crippen molar-refractivity contribution >= 4 is 27.5 Å². The zero-order valence-electron chi connectivity index (χ0n) is 10.0. The highest BCUT2D eigenvalue weighted by molar-refractivity contribution is 9.10. The van der Waals surface area contributed by atoms with E-state index in [2.05, 4.69) is 21.2 Å². The molecule has 5 heteroatoms. The molecule has 2 rings (SSSR count). The van der Waals surface area contributed by atoms with Gasteiger partial charge in [-0.1, -0.05) is 6.07 Å². The summed E-state index contributed by atoms with van der Waals surface area (Å²) >= 11 is 3.29. The van der Waals surface area contributed by atoms with Crippen molar-refractivity contribution in [2.45, 2.75) is 6.92 Å². The summed E-state index contributed by atoms with van der Waals surface area (Å²) in [6.07, 6.45) is 0. The summed E-state index contributed by atoms with van der Waals surface area (Å²) in [5.41, 5.74) is 1.29. The lowest BCUT2D eigenvalue weighted by Gasteiger charge is -2.09. The maximum absolute atomic E-state index is 13.5. The second kappa shape index (κ2) is 5.48. The minimum absolute atomic E-state index is 0.199. The normalized spacial score (nSPS) is 10.3. The number of rotatable bonds is 2. The quantitative estimate of drug-likeness (QED) is 0.876. The number of benzene rings is 2. The first-order valence-corrected chi connectivity index (χ1v) is 6.29. The van der Waals surface area contributed by atoms with E-state index in [4.69, 9.17) is 0 Å². The molecule has 0 aliphatic rings. The summed E-state index contributed by atoms with van der Waals surface area (Å²) in [5, 5.41) is 2.58. The Kier molecular flexibility index (Phi) is 3.95. The molecule has 1 N–H and O–H groups in total. The Bertz CT molecular complexity index is 643. The Labute approximate surface area is 117 Å². The van der Waals surface area contributed by atoms with E-state index in [0.717, 1.165) is 17.7 Å². The summed E-state index contributed by atoms with van der Waals surface area (Å²) < 4.78 is 26.9. The van der Waals surface area contributed by atoms with Crippen LogP contribution in [0.25, 0.3) is 0 Å². The molecule has 19 heavy (non-hydrogen) atoms. The van der Waals surface area contributed by atoms with Crippen LogP contribution in [0, 0.1) is 18.6 Å². The van der Waals surface area contributed by atoms with Crippen LogP contribution in [-0.2, 0) is 0 Å². The van der Waals surface area contributed by atoms with Crippen molar-refractivity contribution in [1.29, 1.82) is 0 Å². The second-order valence-corrected chi connectivity index (χ2v) is 4.92. The van der Waals surface area contributed by atoms with E-state index < -0.39 is 17.5 Å². The summed E-state index contributed by atoms with van der Waals surface area (Å²) in [4.78, 5) is 11.9. The predicted octanol–water partition coefficient (Wildman–Crippen LogP) is 4.29. The number of carbonyl (C=O) groups excluding carboxylic acids is 1. The van der Waals surface area contributed by atoms with Crippen LogP contribution in [0.2, 0.25) is 0 Å². The molecule has 0 saturated carbocycles. The molecule has 98 valence electrons. The lowest BCUT2D eigenvalue weighted by Crippen LogP contribution is -2.14. The first kappa shape index (κ1) is 13.7. The van der Waals surface area contributed by atoms with Gasteiger partial charge in [0.1, 0.15) is 11.6 Å². The van der Waals surface area contributed by atoms with Gasteiger partial charge in [-0.3, -0.25) is 4.79 Å². The number of carbonyl (C=O) groups is 1. The van der Waals surface area contributed by atoms with E-state index in [0.29, 0.717) is 16.2 Å². The third-order valence-electron chi connectivity index (χ3n) is 2.55. The van der Waals surface area contributed by atoms with E-state index >= 15 is 0 Å². The largest absolute Gasteiger partial charge is 0.321 e. The van der Waals surface area contributed by atoms with Gasteiger partial charge >= 0.3 is 0 Å². The maximum atomic E-state index is 13.5. The van der Waals surface area contributed by atoms with E-state index in [1.165, 1.54) is 0 Å². The molecule has 1 amide bonds. The molecule has 0 atom stereocenters. The fourth-order valence-corrected chi connectivity index (χ4v) is 1.94. The molecule has 2 aromatic rings. The van der Waals surface area contributed by atoms with Crippen molar-refractivity contribution in [2.24, 2.45) is 0 Å². The first-order chi connectivity index (χ1) is 8.97. The van der Waals surface area contributed by atoms with E-state index in [9.17, 15) is 13.6 Å². The molecule has 0 aliphatic heterocycles. The maximum Gasteiger partial charge on any atom is 0.258 e. The first-order valence-electron chi connectivity index (χ1n) is 5.50. The van der Waals surface area contributed by atoms with Crippen LogP contribution < -0.4 is 5.32 Å². The van der Waals surface area contributed by atoms with Gasteiger partial charge in [-0.2, -0.15) is 0 Å². The topological polar surface area (TPSA) is 29.1 Å². The molecule has 2 aromatic carbocycles. The highest BCUT2D eigenvalue weighted by atomic mass is 79.9. The molecule has 0 radical (unpaired) electrons. The number of amides is 1. The number of hydrogen-bond donors (Lipinski definition) is 1.